The minimum Gasteiger partial charge on any atom is -0.496 e. The summed E-state index contributed by atoms with van der Waals surface area (Å²) in [5, 5.41) is 0. The molecule has 2 nitrogen and oxygen atoms in total. The topological polar surface area (TPSA) is 35.2 Å². The molecule has 1 atom stereocenters. The summed E-state index contributed by atoms with van der Waals surface area (Å²) < 4.78 is 6.50. The maximum absolute atomic E-state index is 6.41. The van der Waals surface area contributed by atoms with Crippen LogP contribution in [0.25, 0.3) is 0 Å². The van der Waals surface area contributed by atoms with Gasteiger partial charge in [-0.3, -0.25) is 0 Å². The van der Waals surface area contributed by atoms with Crippen LogP contribution in [0, 0.1) is 20.8 Å². The molecule has 0 aliphatic rings. The van der Waals surface area contributed by atoms with E-state index in [2.05, 4.69) is 48.0 Å². The number of benzene rings is 1. The lowest BCUT2D eigenvalue weighted by molar-refractivity contribution is 0.411. The van der Waals surface area contributed by atoms with Crippen LogP contribution in [0.4, 0.5) is 0 Å². The van der Waals surface area contributed by atoms with Gasteiger partial charge in [0.05, 0.1) is 16.9 Å². The van der Waals surface area contributed by atoms with Gasteiger partial charge in [0, 0.05) is 4.88 Å². The number of hydrogen-bond acceptors (Lipinski definition) is 3. The number of nitrogens with two attached hydrogens (primary N) is 1. The first kappa shape index (κ1) is 14.6. The Bertz CT molecular complexity index is 587. The standard InChI is InChI=1S/C15H18BrNOS/c1-8-6-12(18-4)9(2)5-11(8)14(17)13-7-10(3)15(16)19-13/h5-7,14H,17H2,1-4H3. The molecule has 2 N–H and O–H groups in total. The van der Waals surface area contributed by atoms with E-state index >= 15 is 0 Å². The van der Waals surface area contributed by atoms with Gasteiger partial charge in [0.2, 0.25) is 0 Å². The molecule has 0 aliphatic heterocycles. The van der Waals surface area contributed by atoms with Gasteiger partial charge < -0.3 is 10.5 Å². The van der Waals surface area contributed by atoms with Gasteiger partial charge in [0.15, 0.2) is 0 Å². The van der Waals surface area contributed by atoms with Gasteiger partial charge in [-0.2, -0.15) is 0 Å². The molecule has 4 heteroatoms. The monoisotopic (exact) mass is 339 g/mol. The lowest BCUT2D eigenvalue weighted by Gasteiger charge is -2.16. The minimum atomic E-state index is -0.0837. The third-order valence-corrected chi connectivity index (χ3v) is 5.52. The van der Waals surface area contributed by atoms with Crippen LogP contribution in [0.15, 0.2) is 22.0 Å². The number of thiophene rings is 1. The van der Waals surface area contributed by atoms with E-state index in [-0.39, 0.29) is 6.04 Å². The van der Waals surface area contributed by atoms with E-state index in [4.69, 9.17) is 10.5 Å². The van der Waals surface area contributed by atoms with E-state index in [1.165, 1.54) is 10.4 Å². The maximum Gasteiger partial charge on any atom is 0.122 e. The Morgan fingerprint density at radius 2 is 1.79 bits per heavy atom. The lowest BCUT2D eigenvalue weighted by atomic mass is 9.97. The SMILES string of the molecule is COc1cc(C)c(C(N)c2cc(C)c(Br)s2)cc1C. The van der Waals surface area contributed by atoms with Crippen molar-refractivity contribution in [1.82, 2.24) is 0 Å². The van der Waals surface area contributed by atoms with E-state index in [1.54, 1.807) is 18.4 Å². The van der Waals surface area contributed by atoms with Crippen molar-refractivity contribution >= 4 is 27.3 Å². The Balaban J connectivity index is 2.44. The van der Waals surface area contributed by atoms with Gasteiger partial charge in [-0.05, 0) is 71.1 Å². The largest absolute Gasteiger partial charge is 0.496 e. The van der Waals surface area contributed by atoms with Gasteiger partial charge in [0.1, 0.15) is 5.75 Å². The summed E-state index contributed by atoms with van der Waals surface area (Å²) in [6, 6.07) is 6.25. The average molecular weight is 340 g/mol. The molecule has 1 unspecified atom stereocenters. The normalized spacial score (nSPS) is 12.5. The van der Waals surface area contributed by atoms with E-state index < -0.39 is 0 Å². The van der Waals surface area contributed by atoms with E-state index in [9.17, 15) is 0 Å². The third kappa shape index (κ3) is 2.86. The molecule has 0 radical (unpaired) electrons. The van der Waals surface area contributed by atoms with Gasteiger partial charge in [0.25, 0.3) is 0 Å². The summed E-state index contributed by atoms with van der Waals surface area (Å²) in [5.74, 6) is 0.914. The molecule has 1 aromatic heterocycles. The van der Waals surface area contributed by atoms with Crippen molar-refractivity contribution in [3.8, 4) is 5.75 Å². The average Bonchev–Trinajstić information content (AvgIpc) is 2.71. The lowest BCUT2D eigenvalue weighted by Crippen LogP contribution is -2.12. The maximum atomic E-state index is 6.41. The predicted molar refractivity (Wildman–Crippen MR) is 85.3 cm³/mol. The van der Waals surface area contributed by atoms with Gasteiger partial charge in [-0.1, -0.05) is 6.07 Å². The highest BCUT2D eigenvalue weighted by Crippen LogP contribution is 2.35. The van der Waals surface area contributed by atoms with Crippen molar-refractivity contribution in [2.45, 2.75) is 26.8 Å². The molecule has 0 saturated heterocycles. The molecule has 19 heavy (non-hydrogen) atoms. The zero-order chi connectivity index (χ0) is 14.2. The van der Waals surface area contributed by atoms with Crippen LogP contribution < -0.4 is 10.5 Å². The second-order valence-electron chi connectivity index (χ2n) is 4.76. The summed E-state index contributed by atoms with van der Waals surface area (Å²) in [6.45, 7) is 6.21. The molecule has 2 aromatic rings. The van der Waals surface area contributed by atoms with Crippen molar-refractivity contribution in [2.75, 3.05) is 7.11 Å². The van der Waals surface area contributed by atoms with E-state index in [1.807, 2.05) is 6.92 Å². The molecule has 0 bridgehead atoms. The minimum absolute atomic E-state index is 0.0837. The number of rotatable bonds is 3. The van der Waals surface area contributed by atoms with Crippen molar-refractivity contribution in [3.63, 3.8) is 0 Å². The Kier molecular flexibility index (Phi) is 4.33. The van der Waals surface area contributed by atoms with Crippen molar-refractivity contribution in [3.05, 3.63) is 49.1 Å². The first-order chi connectivity index (χ1) is 8.93. The van der Waals surface area contributed by atoms with Crippen molar-refractivity contribution in [2.24, 2.45) is 5.73 Å². The second kappa shape index (κ2) is 5.65. The highest BCUT2D eigenvalue weighted by atomic mass is 79.9. The third-order valence-electron chi connectivity index (χ3n) is 3.30. The Labute approximate surface area is 126 Å². The van der Waals surface area contributed by atoms with Crippen LogP contribution in [0.1, 0.15) is 33.2 Å². The van der Waals surface area contributed by atoms with Crippen LogP contribution in [0.3, 0.4) is 0 Å². The van der Waals surface area contributed by atoms with E-state index in [0.29, 0.717) is 0 Å². The first-order valence-electron chi connectivity index (χ1n) is 6.10. The molecule has 2 rings (SSSR count). The predicted octanol–water partition coefficient (Wildman–Crippen LogP) is 4.49. The van der Waals surface area contributed by atoms with Gasteiger partial charge >= 0.3 is 0 Å². The molecular weight excluding hydrogens is 322 g/mol. The number of halogens is 1. The van der Waals surface area contributed by atoms with Crippen molar-refractivity contribution < 1.29 is 4.74 Å². The van der Waals surface area contributed by atoms with Crippen LogP contribution in [0.2, 0.25) is 0 Å². The van der Waals surface area contributed by atoms with Crippen LogP contribution in [0.5, 0.6) is 5.75 Å². The number of hydrogen-bond donors (Lipinski definition) is 1. The number of ether oxygens (including phenoxy) is 1. The molecule has 0 amide bonds. The molecule has 0 aliphatic carbocycles. The van der Waals surface area contributed by atoms with Crippen LogP contribution in [-0.4, -0.2) is 7.11 Å². The summed E-state index contributed by atoms with van der Waals surface area (Å²) in [6.07, 6.45) is 0. The fourth-order valence-corrected chi connectivity index (χ4v) is 3.75. The molecule has 0 fully saturated rings. The van der Waals surface area contributed by atoms with Crippen LogP contribution >= 0.6 is 27.3 Å². The number of aryl methyl sites for hydroxylation is 3. The van der Waals surface area contributed by atoms with Gasteiger partial charge in [-0.15, -0.1) is 11.3 Å². The summed E-state index contributed by atoms with van der Waals surface area (Å²) >= 11 is 5.26. The molecule has 1 heterocycles. The van der Waals surface area contributed by atoms with Gasteiger partial charge in [-0.25, -0.2) is 0 Å². The zero-order valence-corrected chi connectivity index (χ0v) is 14.0. The van der Waals surface area contributed by atoms with Crippen LogP contribution in [-0.2, 0) is 0 Å². The quantitative estimate of drug-likeness (QED) is 0.893. The zero-order valence-electron chi connectivity index (χ0n) is 11.6. The van der Waals surface area contributed by atoms with Crippen molar-refractivity contribution in [1.29, 1.82) is 0 Å². The summed E-state index contributed by atoms with van der Waals surface area (Å²) in [4.78, 5) is 1.18. The first-order valence-corrected chi connectivity index (χ1v) is 7.71. The Morgan fingerprint density at radius 1 is 1.11 bits per heavy atom. The van der Waals surface area contributed by atoms with E-state index in [0.717, 1.165) is 26.2 Å². The molecule has 0 saturated carbocycles. The highest BCUT2D eigenvalue weighted by molar-refractivity contribution is 9.11. The second-order valence-corrected chi connectivity index (χ2v) is 7.16. The molecule has 102 valence electrons. The summed E-state index contributed by atoms with van der Waals surface area (Å²) in [5.41, 5.74) is 11.1. The Morgan fingerprint density at radius 3 is 2.32 bits per heavy atom. The fraction of sp³-hybridized carbons (Fsp3) is 0.333. The molecular formula is C15H18BrNOS. The highest BCUT2D eigenvalue weighted by Gasteiger charge is 2.16. The summed E-state index contributed by atoms with van der Waals surface area (Å²) in [7, 11) is 1.70. The molecule has 0 spiro atoms. The number of methoxy groups -OCH3 is 1. The molecule has 1 aromatic carbocycles. The Hall–Kier alpha value is -0.840. The smallest absolute Gasteiger partial charge is 0.122 e. The fourth-order valence-electron chi connectivity index (χ4n) is 2.16.